The first-order valence-corrected chi connectivity index (χ1v) is 3.77. The number of halogens is 4. The quantitative estimate of drug-likeness (QED) is 0.495. The van der Waals surface area contributed by atoms with Crippen molar-refractivity contribution in [3.63, 3.8) is 0 Å². The van der Waals surface area contributed by atoms with Gasteiger partial charge in [-0.25, -0.2) is 0 Å². The van der Waals surface area contributed by atoms with E-state index in [1.54, 1.807) is 0 Å². The Hall–Kier alpha value is -0.450. The van der Waals surface area contributed by atoms with E-state index in [9.17, 15) is 13.2 Å². The van der Waals surface area contributed by atoms with Crippen molar-refractivity contribution < 1.29 is 13.2 Å². The first-order chi connectivity index (χ1) is 5.00. The standard InChI is InChI=1S/C6H5BrF3N/c7-5-2-1-4(3-11-5)6(8,9)10/h1-3,5,11H. The Balaban J connectivity index is 2.71. The fraction of sp³-hybridized carbons (Fsp3) is 0.333. The molecule has 0 saturated heterocycles. The van der Waals surface area contributed by atoms with E-state index >= 15 is 0 Å². The van der Waals surface area contributed by atoms with Crippen molar-refractivity contribution in [1.82, 2.24) is 5.32 Å². The number of hydrogen-bond donors (Lipinski definition) is 1. The maximum atomic E-state index is 11.9. The van der Waals surface area contributed by atoms with Crippen LogP contribution in [0.25, 0.3) is 0 Å². The van der Waals surface area contributed by atoms with Crippen LogP contribution in [0.15, 0.2) is 23.9 Å². The fourth-order valence-corrected chi connectivity index (χ4v) is 0.922. The summed E-state index contributed by atoms with van der Waals surface area (Å²) in [6.45, 7) is 0. The van der Waals surface area contributed by atoms with Crippen LogP contribution >= 0.6 is 15.9 Å². The van der Waals surface area contributed by atoms with Gasteiger partial charge < -0.3 is 5.32 Å². The summed E-state index contributed by atoms with van der Waals surface area (Å²) in [6, 6.07) is 0. The van der Waals surface area contributed by atoms with E-state index < -0.39 is 11.7 Å². The molecule has 0 spiro atoms. The molecule has 0 aromatic rings. The van der Waals surface area contributed by atoms with Gasteiger partial charge in [-0.3, -0.25) is 0 Å². The Morgan fingerprint density at radius 2 is 2.09 bits per heavy atom. The molecule has 1 aliphatic heterocycles. The predicted molar refractivity (Wildman–Crippen MR) is 39.1 cm³/mol. The molecule has 0 fully saturated rings. The van der Waals surface area contributed by atoms with Gasteiger partial charge in [0, 0.05) is 6.20 Å². The third kappa shape index (κ3) is 2.25. The van der Waals surface area contributed by atoms with E-state index in [1.807, 2.05) is 0 Å². The molecule has 0 aromatic carbocycles. The van der Waals surface area contributed by atoms with E-state index in [2.05, 4.69) is 21.2 Å². The molecule has 0 aliphatic carbocycles. The van der Waals surface area contributed by atoms with Gasteiger partial charge in [-0.15, -0.1) is 0 Å². The highest BCUT2D eigenvalue weighted by Gasteiger charge is 2.32. The Kier molecular flexibility index (Phi) is 2.27. The number of allylic oxidation sites excluding steroid dienone is 2. The lowest BCUT2D eigenvalue weighted by Gasteiger charge is -2.14. The monoisotopic (exact) mass is 227 g/mol. The van der Waals surface area contributed by atoms with Crippen LogP contribution in [0.4, 0.5) is 13.2 Å². The van der Waals surface area contributed by atoms with Gasteiger partial charge in [0.2, 0.25) is 0 Å². The Labute approximate surface area is 70.1 Å². The van der Waals surface area contributed by atoms with Crippen molar-refractivity contribution in [2.45, 2.75) is 11.1 Å². The minimum Gasteiger partial charge on any atom is -0.375 e. The molecule has 0 amide bonds. The lowest BCUT2D eigenvalue weighted by atomic mass is 10.2. The van der Waals surface area contributed by atoms with E-state index in [1.165, 1.54) is 6.08 Å². The molecule has 1 nitrogen and oxygen atoms in total. The Morgan fingerprint density at radius 3 is 2.45 bits per heavy atom. The topological polar surface area (TPSA) is 12.0 Å². The SMILES string of the molecule is FC(F)(F)C1=CNC(Br)C=C1. The van der Waals surface area contributed by atoms with Crippen LogP contribution in [-0.2, 0) is 0 Å². The molecule has 0 saturated carbocycles. The molecular formula is C6H5BrF3N. The maximum absolute atomic E-state index is 11.9. The van der Waals surface area contributed by atoms with Crippen LogP contribution in [0.3, 0.4) is 0 Å². The molecule has 1 atom stereocenters. The number of rotatable bonds is 0. The van der Waals surface area contributed by atoms with Gasteiger partial charge in [0.05, 0.1) is 5.57 Å². The number of hydrogen-bond acceptors (Lipinski definition) is 1. The Bertz CT molecular complexity index is 206. The van der Waals surface area contributed by atoms with Gasteiger partial charge >= 0.3 is 6.18 Å². The summed E-state index contributed by atoms with van der Waals surface area (Å²) in [5, 5.41) is 2.49. The zero-order valence-electron chi connectivity index (χ0n) is 5.32. The van der Waals surface area contributed by atoms with Crippen LogP contribution in [0.2, 0.25) is 0 Å². The van der Waals surface area contributed by atoms with Gasteiger partial charge in [0.1, 0.15) is 4.95 Å². The lowest BCUT2D eigenvalue weighted by Crippen LogP contribution is -2.23. The molecular weight excluding hydrogens is 223 g/mol. The second-order valence-corrected chi connectivity index (χ2v) is 3.01. The molecule has 1 heterocycles. The summed E-state index contributed by atoms with van der Waals surface area (Å²) in [6.07, 6.45) is -0.880. The van der Waals surface area contributed by atoms with Gasteiger partial charge in [-0.05, 0) is 6.08 Å². The maximum Gasteiger partial charge on any atom is 0.417 e. The zero-order chi connectivity index (χ0) is 8.48. The van der Waals surface area contributed by atoms with E-state index in [0.717, 1.165) is 12.3 Å². The van der Waals surface area contributed by atoms with Crippen molar-refractivity contribution in [3.8, 4) is 0 Å². The average Bonchev–Trinajstić information content (AvgIpc) is 1.86. The fourth-order valence-electron chi connectivity index (χ4n) is 0.638. The lowest BCUT2D eigenvalue weighted by molar-refractivity contribution is -0.0887. The highest BCUT2D eigenvalue weighted by Crippen LogP contribution is 2.27. The first kappa shape index (κ1) is 8.64. The average molecular weight is 228 g/mol. The number of nitrogens with one attached hydrogen (secondary N) is 1. The zero-order valence-corrected chi connectivity index (χ0v) is 6.91. The molecule has 11 heavy (non-hydrogen) atoms. The number of alkyl halides is 4. The third-order valence-corrected chi connectivity index (χ3v) is 1.74. The van der Waals surface area contributed by atoms with Gasteiger partial charge in [-0.1, -0.05) is 22.0 Å². The summed E-state index contributed by atoms with van der Waals surface area (Å²) in [4.78, 5) is -0.200. The summed E-state index contributed by atoms with van der Waals surface area (Å²) in [5.74, 6) is 0. The molecule has 0 radical (unpaired) electrons. The molecule has 0 bridgehead atoms. The van der Waals surface area contributed by atoms with Crippen LogP contribution in [0.5, 0.6) is 0 Å². The second-order valence-electron chi connectivity index (χ2n) is 2.02. The van der Waals surface area contributed by atoms with Gasteiger partial charge in [0.25, 0.3) is 0 Å². The van der Waals surface area contributed by atoms with Crippen molar-refractivity contribution in [1.29, 1.82) is 0 Å². The molecule has 62 valence electrons. The van der Waals surface area contributed by atoms with Crippen LogP contribution in [0.1, 0.15) is 0 Å². The molecule has 5 heteroatoms. The summed E-state index contributed by atoms with van der Waals surface area (Å²) < 4.78 is 35.7. The highest BCUT2D eigenvalue weighted by atomic mass is 79.9. The number of dihydropyridines is 1. The van der Waals surface area contributed by atoms with Crippen molar-refractivity contribution in [3.05, 3.63) is 23.9 Å². The molecule has 1 rings (SSSR count). The Morgan fingerprint density at radius 1 is 1.45 bits per heavy atom. The minimum absolute atomic E-state index is 0.200. The van der Waals surface area contributed by atoms with Crippen molar-refractivity contribution in [2.75, 3.05) is 0 Å². The summed E-state index contributed by atoms with van der Waals surface area (Å²) in [5.41, 5.74) is -0.659. The highest BCUT2D eigenvalue weighted by molar-refractivity contribution is 9.09. The van der Waals surface area contributed by atoms with Gasteiger partial charge in [0.15, 0.2) is 0 Å². The van der Waals surface area contributed by atoms with Crippen LogP contribution in [-0.4, -0.2) is 11.1 Å². The summed E-state index contributed by atoms with van der Waals surface area (Å²) >= 11 is 3.07. The second kappa shape index (κ2) is 2.89. The van der Waals surface area contributed by atoms with Crippen LogP contribution in [0, 0.1) is 0 Å². The van der Waals surface area contributed by atoms with E-state index in [-0.39, 0.29) is 4.95 Å². The van der Waals surface area contributed by atoms with E-state index in [4.69, 9.17) is 0 Å². The smallest absolute Gasteiger partial charge is 0.375 e. The van der Waals surface area contributed by atoms with Crippen molar-refractivity contribution in [2.24, 2.45) is 0 Å². The largest absolute Gasteiger partial charge is 0.417 e. The first-order valence-electron chi connectivity index (χ1n) is 2.86. The summed E-state index contributed by atoms with van der Waals surface area (Å²) in [7, 11) is 0. The van der Waals surface area contributed by atoms with E-state index in [0.29, 0.717) is 0 Å². The molecule has 1 aliphatic rings. The third-order valence-electron chi connectivity index (χ3n) is 1.17. The normalized spacial score (nSPS) is 24.4. The molecule has 1 unspecified atom stereocenters. The molecule has 1 N–H and O–H groups in total. The minimum atomic E-state index is -4.25. The van der Waals surface area contributed by atoms with Crippen LogP contribution < -0.4 is 5.32 Å². The predicted octanol–water partition coefficient (Wildman–Crippen LogP) is 2.31. The van der Waals surface area contributed by atoms with Crippen molar-refractivity contribution >= 4 is 15.9 Å². The van der Waals surface area contributed by atoms with Gasteiger partial charge in [-0.2, -0.15) is 13.2 Å². The molecule has 0 aromatic heterocycles.